The highest BCUT2D eigenvalue weighted by molar-refractivity contribution is 6.06. The third-order valence-corrected chi connectivity index (χ3v) is 3.95. The van der Waals surface area contributed by atoms with Gasteiger partial charge in [0, 0.05) is 6.20 Å². The van der Waals surface area contributed by atoms with E-state index in [9.17, 15) is 22.8 Å². The van der Waals surface area contributed by atoms with Crippen molar-refractivity contribution in [1.82, 2.24) is 15.2 Å². The number of carbonyl (C=O) groups is 2. The number of alkyl halides is 3. The predicted octanol–water partition coefficient (Wildman–Crippen LogP) is 2.95. The van der Waals surface area contributed by atoms with Crippen LogP contribution in [0.4, 0.5) is 18.0 Å². The molecule has 0 aliphatic carbocycles. The van der Waals surface area contributed by atoms with E-state index < -0.39 is 23.8 Å². The summed E-state index contributed by atoms with van der Waals surface area (Å²) >= 11 is 0. The summed E-state index contributed by atoms with van der Waals surface area (Å²) in [6.45, 7) is 1.47. The summed E-state index contributed by atoms with van der Waals surface area (Å²) < 4.78 is 40.3. The molecule has 3 rings (SSSR count). The van der Waals surface area contributed by atoms with Gasteiger partial charge in [0.05, 0.1) is 12.2 Å². The van der Waals surface area contributed by atoms with Crippen LogP contribution in [0.2, 0.25) is 0 Å². The van der Waals surface area contributed by atoms with Crippen molar-refractivity contribution in [3.05, 3.63) is 59.9 Å². The van der Waals surface area contributed by atoms with Gasteiger partial charge in [-0.25, -0.2) is 4.79 Å². The predicted molar refractivity (Wildman–Crippen MR) is 83.8 cm³/mol. The Labute approximate surface area is 146 Å². The van der Waals surface area contributed by atoms with E-state index in [1.165, 1.54) is 18.3 Å². The van der Waals surface area contributed by atoms with E-state index in [0.717, 1.165) is 17.0 Å². The molecule has 1 unspecified atom stereocenters. The highest BCUT2D eigenvalue weighted by Gasteiger charge is 2.49. The van der Waals surface area contributed by atoms with Crippen LogP contribution in [0.1, 0.15) is 18.2 Å². The van der Waals surface area contributed by atoms with Gasteiger partial charge in [0.25, 0.3) is 5.91 Å². The number of carbonyl (C=O) groups excluding carboxylic acids is 2. The number of ether oxygens (including phenoxy) is 1. The first-order valence-corrected chi connectivity index (χ1v) is 7.59. The van der Waals surface area contributed by atoms with Crippen molar-refractivity contribution in [3.63, 3.8) is 0 Å². The Morgan fingerprint density at radius 3 is 2.42 bits per heavy atom. The number of urea groups is 1. The Kier molecular flexibility index (Phi) is 4.31. The summed E-state index contributed by atoms with van der Waals surface area (Å²) in [6, 6.07) is 9.39. The van der Waals surface area contributed by atoms with E-state index >= 15 is 0 Å². The molecule has 2 aromatic rings. The average Bonchev–Trinajstić information content (AvgIpc) is 2.80. The molecule has 0 spiro atoms. The van der Waals surface area contributed by atoms with Gasteiger partial charge in [0.1, 0.15) is 5.75 Å². The number of benzene rings is 1. The average molecular weight is 365 g/mol. The van der Waals surface area contributed by atoms with Crippen LogP contribution in [0.5, 0.6) is 5.75 Å². The van der Waals surface area contributed by atoms with E-state index in [1.54, 1.807) is 25.1 Å². The number of nitrogens with zero attached hydrogens (tertiary/aromatic N) is 2. The lowest BCUT2D eigenvalue weighted by Gasteiger charge is -2.21. The van der Waals surface area contributed by atoms with E-state index in [2.05, 4.69) is 15.0 Å². The zero-order valence-corrected chi connectivity index (χ0v) is 13.6. The van der Waals surface area contributed by atoms with E-state index in [-0.39, 0.29) is 12.3 Å². The van der Waals surface area contributed by atoms with Crippen LogP contribution in [-0.2, 0) is 16.9 Å². The standard InChI is InChI=1S/C17H14F3N3O3/c1-16(13-4-2-3-9-21-13)14(24)23(15(25)22-16)10-11-5-7-12(8-6-11)26-17(18,19)20/h2-9H,10H2,1H3,(H,22,25). The fourth-order valence-electron chi connectivity index (χ4n) is 2.65. The minimum atomic E-state index is -4.78. The molecule has 1 N–H and O–H groups in total. The Morgan fingerprint density at radius 2 is 1.85 bits per heavy atom. The molecule has 136 valence electrons. The van der Waals surface area contributed by atoms with Crippen LogP contribution in [0.15, 0.2) is 48.7 Å². The fourth-order valence-corrected chi connectivity index (χ4v) is 2.65. The van der Waals surface area contributed by atoms with Crippen LogP contribution < -0.4 is 10.1 Å². The monoisotopic (exact) mass is 365 g/mol. The molecule has 1 fully saturated rings. The maximum absolute atomic E-state index is 12.7. The van der Waals surface area contributed by atoms with E-state index in [0.29, 0.717) is 11.3 Å². The second kappa shape index (κ2) is 6.32. The lowest BCUT2D eigenvalue weighted by Crippen LogP contribution is -2.41. The number of hydrogen-bond acceptors (Lipinski definition) is 4. The summed E-state index contributed by atoms with van der Waals surface area (Å²) in [5.41, 5.74) is -0.416. The van der Waals surface area contributed by atoms with E-state index in [4.69, 9.17) is 0 Å². The van der Waals surface area contributed by atoms with Gasteiger partial charge in [-0.05, 0) is 36.8 Å². The lowest BCUT2D eigenvalue weighted by molar-refractivity contribution is -0.274. The number of rotatable bonds is 4. The third kappa shape index (κ3) is 3.46. The van der Waals surface area contributed by atoms with Gasteiger partial charge in [-0.1, -0.05) is 18.2 Å². The van der Waals surface area contributed by atoms with Gasteiger partial charge in [0.2, 0.25) is 0 Å². The molecule has 1 aliphatic rings. The molecule has 1 saturated heterocycles. The molecule has 1 atom stereocenters. The van der Waals surface area contributed by atoms with Gasteiger partial charge in [-0.2, -0.15) is 0 Å². The molecule has 1 aliphatic heterocycles. The van der Waals surface area contributed by atoms with Crippen LogP contribution in [0.25, 0.3) is 0 Å². The normalized spacial score (nSPS) is 20.2. The molecule has 26 heavy (non-hydrogen) atoms. The second-order valence-corrected chi connectivity index (χ2v) is 5.85. The smallest absolute Gasteiger partial charge is 0.406 e. The van der Waals surface area contributed by atoms with Gasteiger partial charge >= 0.3 is 12.4 Å². The molecular formula is C17H14F3N3O3. The fraction of sp³-hybridized carbons (Fsp3) is 0.235. The number of amides is 3. The molecule has 3 amide bonds. The number of nitrogens with one attached hydrogen (secondary N) is 1. The highest BCUT2D eigenvalue weighted by Crippen LogP contribution is 2.29. The van der Waals surface area contributed by atoms with Gasteiger partial charge < -0.3 is 10.1 Å². The SMILES string of the molecule is CC1(c2ccccn2)NC(=O)N(Cc2ccc(OC(F)(F)F)cc2)C1=O. The summed E-state index contributed by atoms with van der Waals surface area (Å²) in [6.07, 6.45) is -3.27. The summed E-state index contributed by atoms with van der Waals surface area (Å²) in [5.74, 6) is -0.867. The van der Waals surface area contributed by atoms with Crippen molar-refractivity contribution in [2.45, 2.75) is 25.4 Å². The summed E-state index contributed by atoms with van der Waals surface area (Å²) in [7, 11) is 0. The molecule has 2 heterocycles. The number of aromatic nitrogens is 1. The van der Waals surface area contributed by atoms with Crippen LogP contribution in [0.3, 0.4) is 0 Å². The maximum atomic E-state index is 12.7. The minimum Gasteiger partial charge on any atom is -0.406 e. The van der Waals surface area contributed by atoms with E-state index in [1.807, 2.05) is 0 Å². The first-order chi connectivity index (χ1) is 12.2. The molecule has 9 heteroatoms. The van der Waals surface area contributed by atoms with Gasteiger partial charge in [0.15, 0.2) is 5.54 Å². The molecule has 1 aromatic heterocycles. The van der Waals surface area contributed by atoms with Crippen molar-refractivity contribution < 1.29 is 27.5 Å². The quantitative estimate of drug-likeness (QED) is 0.846. The van der Waals surface area contributed by atoms with Crippen molar-refractivity contribution >= 4 is 11.9 Å². The molecule has 1 aromatic carbocycles. The zero-order valence-electron chi connectivity index (χ0n) is 13.6. The highest BCUT2D eigenvalue weighted by atomic mass is 19.4. The van der Waals surface area contributed by atoms with Gasteiger partial charge in [-0.3, -0.25) is 14.7 Å². The topological polar surface area (TPSA) is 71.5 Å². The first-order valence-electron chi connectivity index (χ1n) is 7.59. The molecule has 0 saturated carbocycles. The zero-order chi connectivity index (χ0) is 18.9. The Hall–Kier alpha value is -3.10. The van der Waals surface area contributed by atoms with Crippen molar-refractivity contribution in [1.29, 1.82) is 0 Å². The maximum Gasteiger partial charge on any atom is 0.573 e. The number of imide groups is 1. The Balaban J connectivity index is 1.76. The van der Waals surface area contributed by atoms with Crippen molar-refractivity contribution in [3.8, 4) is 5.75 Å². The number of halogens is 3. The summed E-state index contributed by atoms with van der Waals surface area (Å²) in [4.78, 5) is 30.1. The van der Waals surface area contributed by atoms with Crippen LogP contribution in [-0.4, -0.2) is 28.2 Å². The Morgan fingerprint density at radius 1 is 1.15 bits per heavy atom. The number of hydrogen-bond donors (Lipinski definition) is 1. The summed E-state index contributed by atoms with van der Waals surface area (Å²) in [5, 5.41) is 2.61. The first kappa shape index (κ1) is 17.7. The van der Waals surface area contributed by atoms with Crippen LogP contribution in [0, 0.1) is 0 Å². The lowest BCUT2D eigenvalue weighted by atomic mass is 9.97. The third-order valence-electron chi connectivity index (χ3n) is 3.95. The van der Waals surface area contributed by atoms with Crippen molar-refractivity contribution in [2.75, 3.05) is 0 Å². The molecule has 0 radical (unpaired) electrons. The molecular weight excluding hydrogens is 351 g/mol. The minimum absolute atomic E-state index is 0.0839. The van der Waals surface area contributed by atoms with Crippen LogP contribution >= 0.6 is 0 Å². The number of pyridine rings is 1. The Bertz CT molecular complexity index is 825. The largest absolute Gasteiger partial charge is 0.573 e. The van der Waals surface area contributed by atoms with Gasteiger partial charge in [-0.15, -0.1) is 13.2 Å². The molecule has 0 bridgehead atoms. The molecule has 6 nitrogen and oxygen atoms in total. The van der Waals surface area contributed by atoms with Crippen molar-refractivity contribution in [2.24, 2.45) is 0 Å². The second-order valence-electron chi connectivity index (χ2n) is 5.85.